The fraction of sp³-hybridized carbons (Fsp3) is 0.421. The minimum Gasteiger partial charge on any atom is -0.494 e. The molecule has 0 radical (unpaired) electrons. The van der Waals surface area contributed by atoms with Gasteiger partial charge in [-0.25, -0.2) is 9.59 Å². The molecule has 1 saturated carbocycles. The van der Waals surface area contributed by atoms with Gasteiger partial charge in [0.2, 0.25) is 0 Å². The molecule has 3 aromatic carbocycles. The number of rotatable bonds is 18. The molecule has 0 atom stereocenters. The number of nitrogen functional groups attached to an aromatic ring is 2. The highest BCUT2D eigenvalue weighted by atomic mass is 16.5. The third-order valence-electron chi connectivity index (χ3n) is 8.05. The number of benzene rings is 3. The molecule has 0 heterocycles. The van der Waals surface area contributed by atoms with E-state index >= 15 is 0 Å². The Morgan fingerprint density at radius 1 is 0.652 bits per heavy atom. The van der Waals surface area contributed by atoms with Crippen LogP contribution < -0.4 is 20.9 Å². The Labute approximate surface area is 273 Å². The van der Waals surface area contributed by atoms with Gasteiger partial charge in [-0.15, -0.1) is 0 Å². The van der Waals surface area contributed by atoms with Gasteiger partial charge < -0.3 is 30.4 Å². The van der Waals surface area contributed by atoms with Crippen LogP contribution in [0, 0.1) is 0 Å². The van der Waals surface area contributed by atoms with E-state index in [0.29, 0.717) is 49.3 Å². The van der Waals surface area contributed by atoms with Gasteiger partial charge in [0.15, 0.2) is 0 Å². The monoisotopic (exact) mass is 628 g/mol. The van der Waals surface area contributed by atoms with Crippen molar-refractivity contribution in [3.8, 4) is 11.5 Å². The Kier molecular flexibility index (Phi) is 14.3. The van der Waals surface area contributed by atoms with Crippen LogP contribution in [0.4, 0.5) is 11.4 Å². The molecule has 8 nitrogen and oxygen atoms in total. The molecular formula is C38H48N2O6. The van der Waals surface area contributed by atoms with E-state index in [1.165, 1.54) is 43.7 Å². The highest BCUT2D eigenvalue weighted by Crippen LogP contribution is 2.33. The van der Waals surface area contributed by atoms with E-state index in [2.05, 4.69) is 24.3 Å². The van der Waals surface area contributed by atoms with Crippen LogP contribution >= 0.6 is 0 Å². The van der Waals surface area contributed by atoms with Crippen LogP contribution in [0.5, 0.6) is 11.5 Å². The number of ether oxygens (including phenoxy) is 4. The summed E-state index contributed by atoms with van der Waals surface area (Å²) in [6.07, 6.45) is 15.0. The van der Waals surface area contributed by atoms with E-state index in [1.807, 2.05) is 24.3 Å². The van der Waals surface area contributed by atoms with Gasteiger partial charge in [-0.3, -0.25) is 0 Å². The number of anilines is 2. The lowest BCUT2D eigenvalue weighted by molar-refractivity contribution is -0.137. The maximum absolute atomic E-state index is 12.1. The highest BCUT2D eigenvalue weighted by Gasteiger charge is 2.15. The average molecular weight is 629 g/mol. The van der Waals surface area contributed by atoms with E-state index in [0.717, 1.165) is 55.6 Å². The molecule has 246 valence electrons. The smallest absolute Gasteiger partial charge is 0.338 e. The molecule has 46 heavy (non-hydrogen) atoms. The van der Waals surface area contributed by atoms with Crippen molar-refractivity contribution in [3.05, 3.63) is 89.5 Å². The van der Waals surface area contributed by atoms with Crippen molar-refractivity contribution in [2.45, 2.75) is 76.5 Å². The van der Waals surface area contributed by atoms with Crippen molar-refractivity contribution >= 4 is 29.4 Å². The molecule has 0 spiro atoms. The topological polar surface area (TPSA) is 123 Å². The number of esters is 2. The molecule has 0 aromatic heterocycles. The van der Waals surface area contributed by atoms with Crippen LogP contribution in [0.25, 0.3) is 6.08 Å². The first kappa shape index (κ1) is 34.4. The summed E-state index contributed by atoms with van der Waals surface area (Å²) in [5, 5.41) is 0. The second-order valence-corrected chi connectivity index (χ2v) is 11.8. The molecule has 0 amide bonds. The lowest BCUT2D eigenvalue weighted by atomic mass is 9.84. The summed E-state index contributed by atoms with van der Waals surface area (Å²) in [6.45, 7) is 1.91. The molecule has 0 unspecified atom stereocenters. The van der Waals surface area contributed by atoms with E-state index in [1.54, 1.807) is 24.3 Å². The van der Waals surface area contributed by atoms with Gasteiger partial charge in [0.25, 0.3) is 0 Å². The van der Waals surface area contributed by atoms with Crippen molar-refractivity contribution in [3.63, 3.8) is 0 Å². The normalized spacial score (nSPS) is 13.4. The first-order valence-electron chi connectivity index (χ1n) is 16.6. The number of carbonyl (C=O) groups is 2. The van der Waals surface area contributed by atoms with E-state index in [9.17, 15) is 9.59 Å². The van der Waals surface area contributed by atoms with Gasteiger partial charge in [-0.2, -0.15) is 0 Å². The largest absolute Gasteiger partial charge is 0.494 e. The zero-order valence-electron chi connectivity index (χ0n) is 26.8. The predicted molar refractivity (Wildman–Crippen MR) is 183 cm³/mol. The number of hydrogen-bond donors (Lipinski definition) is 2. The second kappa shape index (κ2) is 19.1. The van der Waals surface area contributed by atoms with Crippen molar-refractivity contribution in [1.82, 2.24) is 0 Å². The Balaban J connectivity index is 0.990. The van der Waals surface area contributed by atoms with E-state index in [4.69, 9.17) is 30.4 Å². The SMILES string of the molecule is Nc1cc(N)cc(C(=O)OCCCCCCOc2ccc(/C=C/C(=O)OCCCCOc3ccc(C4CCCCC4)cc3)cc2)c1. The van der Waals surface area contributed by atoms with Crippen LogP contribution in [-0.2, 0) is 14.3 Å². The first-order chi connectivity index (χ1) is 22.5. The Hall–Kier alpha value is -4.46. The van der Waals surface area contributed by atoms with Crippen LogP contribution in [0.1, 0.15) is 98.0 Å². The van der Waals surface area contributed by atoms with Crippen LogP contribution in [0.2, 0.25) is 0 Å². The lowest BCUT2D eigenvalue weighted by Gasteiger charge is -2.22. The summed E-state index contributed by atoms with van der Waals surface area (Å²) >= 11 is 0. The van der Waals surface area contributed by atoms with Crippen LogP contribution in [-0.4, -0.2) is 38.4 Å². The zero-order chi connectivity index (χ0) is 32.4. The van der Waals surface area contributed by atoms with Crippen LogP contribution in [0.3, 0.4) is 0 Å². The van der Waals surface area contributed by atoms with Gasteiger partial charge in [-0.1, -0.05) is 43.5 Å². The van der Waals surface area contributed by atoms with Crippen molar-refractivity contribution in [2.24, 2.45) is 0 Å². The van der Waals surface area contributed by atoms with Gasteiger partial charge in [-0.05, 0) is 117 Å². The minimum atomic E-state index is -0.416. The van der Waals surface area contributed by atoms with Gasteiger partial charge in [0, 0.05) is 17.5 Å². The van der Waals surface area contributed by atoms with Crippen LogP contribution in [0.15, 0.2) is 72.8 Å². The maximum Gasteiger partial charge on any atom is 0.338 e. The molecule has 3 aromatic rings. The molecule has 1 aliphatic carbocycles. The summed E-state index contributed by atoms with van der Waals surface area (Å²) in [5.41, 5.74) is 15.0. The highest BCUT2D eigenvalue weighted by molar-refractivity contribution is 5.91. The zero-order valence-corrected chi connectivity index (χ0v) is 26.8. The predicted octanol–water partition coefficient (Wildman–Crippen LogP) is 8.11. The second-order valence-electron chi connectivity index (χ2n) is 11.8. The standard InChI is InChI=1S/C38H48N2O6/c39-33-26-32(27-34(40)28-33)38(42)46-25-7-2-1-6-22-43-35-17-12-29(13-18-35)14-21-37(41)45-24-9-8-23-44-36-19-15-31(16-20-36)30-10-4-3-5-11-30/h12-21,26-28,30H,1-11,22-25,39-40H2/b21-14+. The number of unbranched alkanes of at least 4 members (excludes halogenated alkanes) is 4. The van der Waals surface area contributed by atoms with Gasteiger partial charge >= 0.3 is 11.9 Å². The fourth-order valence-corrected chi connectivity index (χ4v) is 5.52. The maximum atomic E-state index is 12.1. The molecular weight excluding hydrogens is 580 g/mol. The number of carbonyl (C=O) groups excluding carboxylic acids is 2. The fourth-order valence-electron chi connectivity index (χ4n) is 5.52. The summed E-state index contributed by atoms with van der Waals surface area (Å²) in [7, 11) is 0. The average Bonchev–Trinajstić information content (AvgIpc) is 3.07. The number of hydrogen-bond acceptors (Lipinski definition) is 8. The molecule has 1 aliphatic rings. The third-order valence-corrected chi connectivity index (χ3v) is 8.05. The molecule has 8 heteroatoms. The minimum absolute atomic E-state index is 0.349. The lowest BCUT2D eigenvalue weighted by Crippen LogP contribution is -2.08. The molecule has 0 saturated heterocycles. The van der Waals surface area contributed by atoms with E-state index < -0.39 is 5.97 Å². The Bertz CT molecular complexity index is 1360. The number of nitrogens with two attached hydrogens (primary N) is 2. The summed E-state index contributed by atoms with van der Waals surface area (Å²) < 4.78 is 22.3. The quantitative estimate of drug-likeness (QED) is 0.0627. The van der Waals surface area contributed by atoms with Crippen molar-refractivity contribution < 1.29 is 28.5 Å². The summed E-state index contributed by atoms with van der Waals surface area (Å²) in [4.78, 5) is 24.2. The molecule has 1 fully saturated rings. The molecule has 0 bridgehead atoms. The summed E-state index contributed by atoms with van der Waals surface area (Å²) in [5.74, 6) is 1.60. The third kappa shape index (κ3) is 12.5. The van der Waals surface area contributed by atoms with Crippen molar-refractivity contribution in [2.75, 3.05) is 37.9 Å². The van der Waals surface area contributed by atoms with E-state index in [-0.39, 0.29) is 5.97 Å². The first-order valence-corrected chi connectivity index (χ1v) is 16.6. The summed E-state index contributed by atoms with van der Waals surface area (Å²) in [6, 6.07) is 20.8. The van der Waals surface area contributed by atoms with Gasteiger partial charge in [0.1, 0.15) is 11.5 Å². The van der Waals surface area contributed by atoms with Gasteiger partial charge in [0.05, 0.1) is 32.0 Å². The Morgan fingerprint density at radius 2 is 1.20 bits per heavy atom. The molecule has 4 rings (SSSR count). The van der Waals surface area contributed by atoms with Crippen molar-refractivity contribution in [1.29, 1.82) is 0 Å². The molecule has 4 N–H and O–H groups in total. The molecule has 0 aliphatic heterocycles. The Morgan fingerprint density at radius 3 is 1.85 bits per heavy atom.